The van der Waals surface area contributed by atoms with Gasteiger partial charge in [0.1, 0.15) is 163 Å². The van der Waals surface area contributed by atoms with Crippen LogP contribution in [-0.2, 0) is 41.6 Å². The molecular formula is C102H100Br2F5N25O15. The number of aromatic amines is 1. The SMILES string of the molecule is CC(=O)c1cccc(F)c1.CC(C)(C)OC(=O)Nc1cc(N)ncn1.CC1=C2C(=O)NC(C)(c3cccc(F)c3)C2C(=O)C(Nc2cc(N)ncn2)=C1.Cc1cc(Br)c(=O)[nH]c1C(N)=O.Cc1cc(Br)c(=O)n2c1C(=O)NC2(C)c1cccc(F)c1.Cc1cc(Nc2cc(N)ncn2)c(=O)n2c1C(=O)NC2(C)c1cccc(F)c1.Cc1cc(Nc2cc(NC(=O)OC(C)(C)C)ncn2)c(=O)n2c1C(=O)NC2(C)c1cccc(F)c1. The van der Waals surface area contributed by atoms with Crippen molar-refractivity contribution in [2.24, 2.45) is 11.7 Å². The van der Waals surface area contributed by atoms with E-state index in [9.17, 15) is 84.3 Å². The van der Waals surface area contributed by atoms with Crippen molar-refractivity contribution in [1.82, 2.24) is 79.8 Å². The van der Waals surface area contributed by atoms with Crippen molar-refractivity contribution in [3.8, 4) is 0 Å². The van der Waals surface area contributed by atoms with Gasteiger partial charge in [-0.3, -0.25) is 77.1 Å². The van der Waals surface area contributed by atoms with Gasteiger partial charge in [0.05, 0.1) is 26.1 Å². The van der Waals surface area contributed by atoms with Crippen LogP contribution in [0.3, 0.4) is 0 Å². The molecule has 4 aliphatic heterocycles. The predicted molar refractivity (Wildman–Crippen MR) is 551 cm³/mol. The van der Waals surface area contributed by atoms with E-state index in [0.717, 1.165) is 0 Å². The number of primary amides is 1. The van der Waals surface area contributed by atoms with Gasteiger partial charge in [-0.1, -0.05) is 60.7 Å². The number of benzene rings is 5. The number of ether oxygens (including phenoxy) is 2. The van der Waals surface area contributed by atoms with Gasteiger partial charge in [0.25, 0.3) is 45.9 Å². The van der Waals surface area contributed by atoms with Gasteiger partial charge in [-0.25, -0.2) is 71.4 Å². The highest BCUT2D eigenvalue weighted by Gasteiger charge is 2.55. The molecule has 0 radical (unpaired) electrons. The van der Waals surface area contributed by atoms with Crippen molar-refractivity contribution in [1.29, 1.82) is 0 Å². The smallest absolute Gasteiger partial charge is 0.413 e. The number of anilines is 10. The number of H-pyrrole nitrogens is 1. The van der Waals surface area contributed by atoms with Gasteiger partial charge in [-0.2, -0.15) is 0 Å². The van der Waals surface area contributed by atoms with Gasteiger partial charge >= 0.3 is 12.2 Å². The lowest BCUT2D eigenvalue weighted by Gasteiger charge is -2.33. The van der Waals surface area contributed by atoms with Crippen LogP contribution in [0.25, 0.3) is 0 Å². The topological polar surface area (TPSA) is 586 Å². The number of hydrogen-bond acceptors (Lipinski definition) is 29. The van der Waals surface area contributed by atoms with E-state index in [4.69, 9.17) is 32.4 Å². The minimum absolute atomic E-state index is 0.112. The molecule has 0 bridgehead atoms. The molecule has 0 spiro atoms. The van der Waals surface area contributed by atoms with Crippen LogP contribution >= 0.6 is 31.9 Å². The Morgan fingerprint density at radius 1 is 0.416 bits per heavy atom. The van der Waals surface area contributed by atoms with Crippen LogP contribution in [0.4, 0.5) is 89.5 Å². The molecule has 1 fully saturated rings. The lowest BCUT2D eigenvalue weighted by molar-refractivity contribution is -0.120. The largest absolute Gasteiger partial charge is 0.444 e. The molecule has 13 aromatic rings. The number of nitrogens with one attached hydrogen (secondary N) is 10. The predicted octanol–water partition coefficient (Wildman–Crippen LogP) is 14.1. The van der Waals surface area contributed by atoms with Gasteiger partial charge in [-0.15, -0.1) is 0 Å². The normalized spacial score (nSPS) is 17.2. The third-order valence-electron chi connectivity index (χ3n) is 23.0. The van der Waals surface area contributed by atoms with Crippen LogP contribution in [0.5, 0.6) is 0 Å². The first kappa shape index (κ1) is 110. The van der Waals surface area contributed by atoms with Crippen molar-refractivity contribution in [2.45, 2.75) is 145 Å². The number of Topliss-reactive ketones (excluding diaryl/α,β-unsaturated/α-hetero) is 2. The molecule has 5 unspecified atom stereocenters. The zero-order chi connectivity index (χ0) is 109. The fourth-order valence-electron chi connectivity index (χ4n) is 16.4. The highest BCUT2D eigenvalue weighted by Crippen LogP contribution is 2.46. The summed E-state index contributed by atoms with van der Waals surface area (Å²) in [5.41, 5.74) is 21.4. The molecule has 12 heterocycles. The van der Waals surface area contributed by atoms with Crippen LogP contribution in [0.1, 0.15) is 180 Å². The molecule has 5 aliphatic rings. The van der Waals surface area contributed by atoms with Crippen LogP contribution in [0, 0.1) is 62.7 Å². The number of halogens is 7. The second-order valence-electron chi connectivity index (χ2n) is 36.7. The maximum absolute atomic E-state index is 14.0. The molecule has 40 nitrogen and oxygen atoms in total. The van der Waals surface area contributed by atoms with Crippen LogP contribution in [-0.4, -0.2) is 123 Å². The highest BCUT2D eigenvalue weighted by atomic mass is 79.9. The number of pyridine rings is 4. The molecule has 5 aromatic carbocycles. The molecule has 18 rings (SSSR count). The number of nitrogen functional groups attached to an aromatic ring is 3. The van der Waals surface area contributed by atoms with Crippen molar-refractivity contribution in [3.63, 3.8) is 0 Å². The number of aryl methyl sites for hydroxylation is 4. The molecule has 1 aliphatic carbocycles. The Kier molecular flexibility index (Phi) is 32.9. The Morgan fingerprint density at radius 3 is 1.15 bits per heavy atom. The Bertz CT molecular complexity index is 7910. The van der Waals surface area contributed by atoms with E-state index in [2.05, 4.69) is 125 Å². The number of amides is 7. The van der Waals surface area contributed by atoms with Gasteiger partial charge in [0.15, 0.2) is 11.6 Å². The fraction of sp³-hybridized carbons (Fsp3) is 0.225. The summed E-state index contributed by atoms with van der Waals surface area (Å²) in [5.74, 6) is -3.30. The van der Waals surface area contributed by atoms with Crippen LogP contribution in [0.15, 0.2) is 246 Å². The number of carbonyl (C=O) groups is 9. The zero-order valence-corrected chi connectivity index (χ0v) is 85.8. The minimum atomic E-state index is -1.30. The molecule has 47 heteroatoms. The van der Waals surface area contributed by atoms with Gasteiger partial charge in [0, 0.05) is 52.1 Å². The molecule has 1 saturated heterocycles. The number of carbonyl (C=O) groups excluding carboxylic acids is 9. The van der Waals surface area contributed by atoms with Crippen molar-refractivity contribution >= 4 is 143 Å². The Labute approximate surface area is 862 Å². The highest BCUT2D eigenvalue weighted by molar-refractivity contribution is 9.10. The average Bonchev–Trinajstić information content (AvgIpc) is 1.68. The van der Waals surface area contributed by atoms with Gasteiger partial charge in [-0.05, 0) is 267 Å². The summed E-state index contributed by atoms with van der Waals surface area (Å²) in [6, 6.07) is 41.1. The summed E-state index contributed by atoms with van der Waals surface area (Å²) in [7, 11) is 0. The van der Waals surface area contributed by atoms with E-state index in [1.165, 1.54) is 155 Å². The zero-order valence-electron chi connectivity index (χ0n) is 82.6. The number of nitrogens with two attached hydrogens (primary N) is 4. The second kappa shape index (κ2) is 44.5. The van der Waals surface area contributed by atoms with Crippen molar-refractivity contribution in [3.05, 3.63) is 370 Å². The number of aromatic nitrogens is 12. The Morgan fingerprint density at radius 2 is 0.765 bits per heavy atom. The number of rotatable bonds is 14. The Balaban J connectivity index is 0.000000160. The number of hydrogen-bond donors (Lipinski definition) is 14. The van der Waals surface area contributed by atoms with Crippen molar-refractivity contribution in [2.75, 3.05) is 43.8 Å². The molecule has 7 amide bonds. The summed E-state index contributed by atoms with van der Waals surface area (Å²) in [5, 5.41) is 25.0. The molecule has 18 N–H and O–H groups in total. The standard InChI is InChI=1S/C24H25FN6O4.C20H18FN5O2.C19H17FN6O2.C15H12BrFN2O2.C9H14N4O2.C8H7FO.C7H7BrN2O2/c1-13-9-16(28-17-11-18(27-12-26-17)29-22(34)35-23(2,3)4)21(33)31-19(13)20(32)30-24(31,5)14-7-6-8-15(25)10-14;1-10-6-13(25-15-8-14(22)23-9-24-15)18(27)17-16(10)19(28)26-20(17,2)11-4-3-5-12(21)7-11;1-10-6-13(24-15-8-14(21)22-9-23-15)18(28)26-16(10)17(27)25-19(26,2)11-4-3-5-12(20)7-11;1-8-6-11(16)14(21)19-12(8)13(20)18-15(19,2)9-4-3-5-10(17)7-9;1-9(2,3)15-8(14)13-7-4-6(10)11-5-12-7;1-6(10)7-3-2-4-8(9)5-7;1-3-2-4(8)7(12)10-5(3)6(9)11/h6-12H,1-5H3,(H,30,32)(H2,26,27,28,29,34);3-9,17H,1-2H3,(H,26,28)(H3,22,23,24,25);3-9H,1-2H3,(H,25,27)(H3,21,22,23,24);3-7H,1-2H3,(H,18,20);4-5H,1-3H3,(H3,10,11,12,13,14);2-5H,1H3;2H,1H3,(H2,9,11)(H,10,12). The second-order valence-corrected chi connectivity index (χ2v) is 38.4. The molecule has 772 valence electrons. The molecule has 5 atom stereocenters. The third kappa shape index (κ3) is 25.5. The maximum Gasteiger partial charge on any atom is 0.413 e. The minimum Gasteiger partial charge on any atom is -0.444 e. The lowest BCUT2D eigenvalue weighted by Crippen LogP contribution is -2.46. The summed E-state index contributed by atoms with van der Waals surface area (Å²) in [6.45, 7) is 27.3. The molecule has 149 heavy (non-hydrogen) atoms. The third-order valence-corrected chi connectivity index (χ3v) is 24.2. The molecule has 8 aromatic heterocycles. The molecule has 0 saturated carbocycles. The summed E-state index contributed by atoms with van der Waals surface area (Å²) < 4.78 is 82.5. The van der Waals surface area contributed by atoms with Crippen molar-refractivity contribution < 1.29 is 74.6 Å². The van der Waals surface area contributed by atoms with E-state index in [1.807, 2.05) is 0 Å². The van der Waals surface area contributed by atoms with Gasteiger partial charge < -0.3 is 74.6 Å². The van der Waals surface area contributed by atoms with E-state index in [-0.39, 0.29) is 104 Å². The van der Waals surface area contributed by atoms with E-state index in [0.29, 0.717) is 93.3 Å². The first-order chi connectivity index (χ1) is 69.9. The quantitative estimate of drug-likeness (QED) is 0.0355. The van der Waals surface area contributed by atoms with E-state index < -0.39 is 104 Å². The van der Waals surface area contributed by atoms with E-state index >= 15 is 0 Å². The average molecular weight is 2170 g/mol. The summed E-state index contributed by atoms with van der Waals surface area (Å²) >= 11 is 6.25. The van der Waals surface area contributed by atoms with E-state index in [1.54, 1.807) is 171 Å². The number of ketones is 2. The fourth-order valence-corrected chi connectivity index (χ4v) is 17.3. The Hall–Kier alpha value is -17.7. The lowest BCUT2D eigenvalue weighted by atomic mass is 9.73. The first-order valence-corrected chi connectivity index (χ1v) is 46.6. The maximum atomic E-state index is 14.0. The van der Waals surface area contributed by atoms with Gasteiger partial charge in [0.2, 0.25) is 5.91 Å². The number of fused-ring (bicyclic) bond motifs is 4. The number of nitrogens with zero attached hydrogens (tertiary/aromatic N) is 11. The summed E-state index contributed by atoms with van der Waals surface area (Å²) in [4.78, 5) is 192. The molecular weight excluding hydrogens is 2070 g/mol. The monoisotopic (exact) mass is 2170 g/mol. The van der Waals surface area contributed by atoms with Crippen LogP contribution in [0.2, 0.25) is 0 Å². The first-order valence-electron chi connectivity index (χ1n) is 45.0. The van der Waals surface area contributed by atoms with Crippen LogP contribution < -0.4 is 93.0 Å². The summed E-state index contributed by atoms with van der Waals surface area (Å²) in [6.07, 6.45) is 5.40. The number of allylic oxidation sites excluding steroid dienone is 3.